The van der Waals surface area contributed by atoms with Crippen LogP contribution in [0, 0.1) is 0 Å². The van der Waals surface area contributed by atoms with Gasteiger partial charge in [0.2, 0.25) is 0 Å². The predicted octanol–water partition coefficient (Wildman–Crippen LogP) is 2.73. The van der Waals surface area contributed by atoms with E-state index in [1.165, 1.54) is 0 Å². The fourth-order valence-corrected chi connectivity index (χ4v) is 3.52. The second kappa shape index (κ2) is 7.75. The number of benzene rings is 1. The Labute approximate surface area is 143 Å². The average molecular weight is 334 g/mol. The molecular formula is C18H26N2O4. The molecular weight excluding hydrogens is 308 g/mol. The average Bonchev–Trinajstić information content (AvgIpc) is 3.30. The van der Waals surface area contributed by atoms with Crippen LogP contribution in [0.3, 0.4) is 0 Å². The third kappa shape index (κ3) is 3.59. The minimum atomic E-state index is -0.0113. The quantitative estimate of drug-likeness (QED) is 0.899. The highest BCUT2D eigenvalue weighted by molar-refractivity contribution is 5.75. The molecule has 0 aliphatic carbocycles. The summed E-state index contributed by atoms with van der Waals surface area (Å²) >= 11 is 0. The Kier molecular flexibility index (Phi) is 5.45. The summed E-state index contributed by atoms with van der Waals surface area (Å²) in [5, 5.41) is 3.02. The van der Waals surface area contributed by atoms with Gasteiger partial charge >= 0.3 is 6.03 Å². The van der Waals surface area contributed by atoms with Crippen LogP contribution in [0.15, 0.2) is 18.2 Å². The summed E-state index contributed by atoms with van der Waals surface area (Å²) in [7, 11) is 3.25. The molecule has 2 amide bonds. The molecule has 0 bridgehead atoms. The largest absolute Gasteiger partial charge is 0.493 e. The van der Waals surface area contributed by atoms with Crippen molar-refractivity contribution in [2.75, 3.05) is 33.9 Å². The molecule has 2 aliphatic rings. The van der Waals surface area contributed by atoms with Crippen molar-refractivity contribution in [3.05, 3.63) is 23.8 Å². The lowest BCUT2D eigenvalue weighted by atomic mass is 10.0. The van der Waals surface area contributed by atoms with Crippen molar-refractivity contribution in [3.8, 4) is 11.5 Å². The van der Waals surface area contributed by atoms with Crippen LogP contribution >= 0.6 is 0 Å². The van der Waals surface area contributed by atoms with Gasteiger partial charge in [0.25, 0.3) is 0 Å². The molecule has 2 heterocycles. The molecule has 2 fully saturated rings. The van der Waals surface area contributed by atoms with Crippen molar-refractivity contribution in [1.29, 1.82) is 0 Å². The standard InChI is InChI=1S/C18H26N2O4/c1-22-16-8-7-13(11-17(16)23-2)15-6-3-9-20(15)18(21)19-12-14-5-4-10-24-14/h7-8,11,14-15H,3-6,9-10,12H2,1-2H3,(H,19,21)/t14-,15+/m1/s1. The van der Waals surface area contributed by atoms with E-state index in [-0.39, 0.29) is 18.2 Å². The maximum absolute atomic E-state index is 12.6. The predicted molar refractivity (Wildman–Crippen MR) is 90.6 cm³/mol. The molecule has 6 nitrogen and oxygen atoms in total. The molecule has 0 spiro atoms. The summed E-state index contributed by atoms with van der Waals surface area (Å²) in [5.74, 6) is 1.40. The molecule has 0 radical (unpaired) electrons. The number of hydrogen-bond acceptors (Lipinski definition) is 4. The zero-order valence-corrected chi connectivity index (χ0v) is 14.4. The van der Waals surface area contributed by atoms with Crippen molar-refractivity contribution in [2.45, 2.75) is 37.8 Å². The molecule has 132 valence electrons. The maximum atomic E-state index is 12.6. The number of nitrogens with one attached hydrogen (secondary N) is 1. The van der Waals surface area contributed by atoms with Gasteiger partial charge in [0.15, 0.2) is 11.5 Å². The van der Waals surface area contributed by atoms with Crippen LogP contribution in [-0.4, -0.2) is 51.0 Å². The lowest BCUT2D eigenvalue weighted by Gasteiger charge is -2.26. The van der Waals surface area contributed by atoms with E-state index in [2.05, 4.69) is 5.32 Å². The van der Waals surface area contributed by atoms with E-state index in [1.807, 2.05) is 23.1 Å². The molecule has 0 saturated carbocycles. The number of urea groups is 1. The van der Waals surface area contributed by atoms with E-state index in [9.17, 15) is 4.79 Å². The second-order valence-electron chi connectivity index (χ2n) is 6.29. The minimum absolute atomic E-state index is 0.0113. The smallest absolute Gasteiger partial charge is 0.318 e. The molecule has 0 unspecified atom stereocenters. The van der Waals surface area contributed by atoms with Crippen molar-refractivity contribution in [3.63, 3.8) is 0 Å². The molecule has 2 aliphatic heterocycles. The molecule has 2 saturated heterocycles. The lowest BCUT2D eigenvalue weighted by Crippen LogP contribution is -2.42. The monoisotopic (exact) mass is 334 g/mol. The summed E-state index contributed by atoms with van der Waals surface area (Å²) < 4.78 is 16.2. The number of rotatable bonds is 5. The Bertz CT molecular complexity index is 572. The van der Waals surface area contributed by atoms with Crippen molar-refractivity contribution < 1.29 is 19.0 Å². The minimum Gasteiger partial charge on any atom is -0.493 e. The van der Waals surface area contributed by atoms with Crippen LogP contribution < -0.4 is 14.8 Å². The Hall–Kier alpha value is -1.95. The van der Waals surface area contributed by atoms with E-state index in [0.29, 0.717) is 18.0 Å². The molecule has 1 aromatic rings. The number of ether oxygens (including phenoxy) is 3. The Morgan fingerprint density at radius 1 is 1.25 bits per heavy atom. The topological polar surface area (TPSA) is 60.0 Å². The third-order valence-electron chi connectivity index (χ3n) is 4.81. The van der Waals surface area contributed by atoms with Gasteiger partial charge in [-0.25, -0.2) is 4.79 Å². The fraction of sp³-hybridized carbons (Fsp3) is 0.611. The molecule has 2 atom stereocenters. The second-order valence-corrected chi connectivity index (χ2v) is 6.29. The van der Waals surface area contributed by atoms with Crippen molar-refractivity contribution >= 4 is 6.03 Å². The van der Waals surface area contributed by atoms with Gasteiger partial charge in [0.05, 0.1) is 26.4 Å². The van der Waals surface area contributed by atoms with E-state index in [4.69, 9.17) is 14.2 Å². The van der Waals surface area contributed by atoms with Crippen LogP contribution in [0.1, 0.15) is 37.3 Å². The van der Waals surface area contributed by atoms with E-state index in [0.717, 1.165) is 44.4 Å². The zero-order chi connectivity index (χ0) is 16.9. The number of carbonyl (C=O) groups excluding carboxylic acids is 1. The van der Waals surface area contributed by atoms with Crippen LogP contribution in [0.4, 0.5) is 4.79 Å². The Morgan fingerprint density at radius 2 is 2.08 bits per heavy atom. The number of nitrogens with zero attached hydrogens (tertiary/aromatic N) is 1. The third-order valence-corrected chi connectivity index (χ3v) is 4.81. The SMILES string of the molecule is COc1ccc([C@@H]2CCCN2C(=O)NC[C@H]2CCCO2)cc1OC. The first-order valence-corrected chi connectivity index (χ1v) is 8.61. The number of hydrogen-bond donors (Lipinski definition) is 1. The van der Waals surface area contributed by atoms with Gasteiger partial charge in [-0.2, -0.15) is 0 Å². The lowest BCUT2D eigenvalue weighted by molar-refractivity contribution is 0.108. The first kappa shape index (κ1) is 16.9. The number of amides is 2. The molecule has 0 aromatic heterocycles. The Morgan fingerprint density at radius 3 is 2.79 bits per heavy atom. The molecule has 1 aromatic carbocycles. The Balaban J connectivity index is 1.67. The van der Waals surface area contributed by atoms with Gasteiger partial charge in [-0.15, -0.1) is 0 Å². The first-order valence-electron chi connectivity index (χ1n) is 8.61. The molecule has 24 heavy (non-hydrogen) atoms. The van der Waals surface area contributed by atoms with E-state index >= 15 is 0 Å². The van der Waals surface area contributed by atoms with Crippen LogP contribution in [0.25, 0.3) is 0 Å². The van der Waals surface area contributed by atoms with Crippen LogP contribution in [0.2, 0.25) is 0 Å². The summed E-state index contributed by atoms with van der Waals surface area (Å²) in [5.41, 5.74) is 1.08. The highest BCUT2D eigenvalue weighted by Crippen LogP contribution is 2.36. The van der Waals surface area contributed by atoms with E-state index < -0.39 is 0 Å². The van der Waals surface area contributed by atoms with Gasteiger partial charge < -0.3 is 24.4 Å². The van der Waals surface area contributed by atoms with Gasteiger partial charge in [0.1, 0.15) is 0 Å². The number of likely N-dealkylation sites (tertiary alicyclic amines) is 1. The highest BCUT2D eigenvalue weighted by Gasteiger charge is 2.31. The zero-order valence-electron chi connectivity index (χ0n) is 14.4. The van der Waals surface area contributed by atoms with Crippen molar-refractivity contribution in [1.82, 2.24) is 10.2 Å². The van der Waals surface area contributed by atoms with Gasteiger partial charge in [-0.1, -0.05) is 6.07 Å². The summed E-state index contributed by atoms with van der Waals surface area (Å²) in [4.78, 5) is 14.5. The maximum Gasteiger partial charge on any atom is 0.318 e. The molecule has 3 rings (SSSR count). The number of methoxy groups -OCH3 is 2. The van der Waals surface area contributed by atoms with Gasteiger partial charge in [0, 0.05) is 19.7 Å². The summed E-state index contributed by atoms with van der Waals surface area (Å²) in [6, 6.07) is 5.94. The first-order chi connectivity index (χ1) is 11.7. The number of carbonyl (C=O) groups is 1. The molecule has 6 heteroatoms. The van der Waals surface area contributed by atoms with Gasteiger partial charge in [-0.3, -0.25) is 0 Å². The van der Waals surface area contributed by atoms with E-state index in [1.54, 1.807) is 14.2 Å². The highest BCUT2D eigenvalue weighted by atomic mass is 16.5. The summed E-state index contributed by atoms with van der Waals surface area (Å²) in [6.07, 6.45) is 4.24. The molecule has 1 N–H and O–H groups in total. The normalized spacial score (nSPS) is 23.3. The van der Waals surface area contributed by atoms with Crippen LogP contribution in [-0.2, 0) is 4.74 Å². The van der Waals surface area contributed by atoms with Gasteiger partial charge in [-0.05, 0) is 43.4 Å². The summed E-state index contributed by atoms with van der Waals surface area (Å²) in [6.45, 7) is 2.17. The fourth-order valence-electron chi connectivity index (χ4n) is 3.52. The van der Waals surface area contributed by atoms with Crippen molar-refractivity contribution in [2.24, 2.45) is 0 Å². The van der Waals surface area contributed by atoms with Crippen LogP contribution in [0.5, 0.6) is 11.5 Å².